The molecule has 0 saturated heterocycles. The van der Waals surface area contributed by atoms with E-state index in [1.165, 1.54) is 18.5 Å². The van der Waals surface area contributed by atoms with E-state index < -0.39 is 4.92 Å². The van der Waals surface area contributed by atoms with Crippen LogP contribution < -0.4 is 0 Å². The fraction of sp³-hybridized carbons (Fsp3) is 0.154. The SMILES string of the molecule is CCc1nccn1-c1ncnc2ccc([N+](=O)[O-])cc12. The van der Waals surface area contributed by atoms with Gasteiger partial charge in [0.1, 0.15) is 18.0 Å². The van der Waals surface area contributed by atoms with Gasteiger partial charge in [-0.15, -0.1) is 0 Å². The third-order valence-electron chi connectivity index (χ3n) is 3.07. The van der Waals surface area contributed by atoms with Crippen molar-refractivity contribution in [1.82, 2.24) is 19.5 Å². The van der Waals surface area contributed by atoms with Crippen molar-refractivity contribution in [1.29, 1.82) is 0 Å². The molecule has 0 amide bonds. The Morgan fingerprint density at radius 1 is 1.30 bits per heavy atom. The van der Waals surface area contributed by atoms with Crippen LogP contribution in [0.1, 0.15) is 12.7 Å². The maximum absolute atomic E-state index is 10.9. The van der Waals surface area contributed by atoms with Gasteiger partial charge in [0, 0.05) is 30.9 Å². The molecule has 7 nitrogen and oxygen atoms in total. The molecular formula is C13H11N5O2. The Morgan fingerprint density at radius 2 is 2.15 bits per heavy atom. The quantitative estimate of drug-likeness (QED) is 0.537. The third kappa shape index (κ3) is 1.89. The van der Waals surface area contributed by atoms with E-state index in [4.69, 9.17) is 0 Å². The number of hydrogen-bond donors (Lipinski definition) is 0. The van der Waals surface area contributed by atoms with Crippen LogP contribution in [0.3, 0.4) is 0 Å². The Hall–Kier alpha value is -2.83. The third-order valence-corrected chi connectivity index (χ3v) is 3.07. The number of aryl methyl sites for hydroxylation is 1. The Balaban J connectivity index is 2.30. The number of nitro groups is 1. The van der Waals surface area contributed by atoms with Crippen molar-refractivity contribution in [2.45, 2.75) is 13.3 Å². The van der Waals surface area contributed by atoms with Crippen molar-refractivity contribution < 1.29 is 4.92 Å². The molecule has 1 aromatic carbocycles. The smallest absolute Gasteiger partial charge is 0.270 e. The number of nitrogens with zero attached hydrogens (tertiary/aromatic N) is 5. The molecule has 0 atom stereocenters. The standard InChI is InChI=1S/C13H11N5O2/c1-2-12-14-5-6-17(12)13-10-7-9(18(19)20)3-4-11(10)15-8-16-13/h3-8H,2H2,1H3. The van der Waals surface area contributed by atoms with Crippen molar-refractivity contribution in [3.8, 4) is 5.82 Å². The van der Waals surface area contributed by atoms with Crippen molar-refractivity contribution in [3.63, 3.8) is 0 Å². The first-order valence-corrected chi connectivity index (χ1v) is 6.12. The first-order chi connectivity index (χ1) is 9.70. The molecule has 3 aromatic rings. The molecule has 0 radical (unpaired) electrons. The van der Waals surface area contributed by atoms with Crippen LogP contribution in [0.5, 0.6) is 0 Å². The van der Waals surface area contributed by atoms with E-state index in [2.05, 4.69) is 15.0 Å². The number of imidazole rings is 1. The fourth-order valence-corrected chi connectivity index (χ4v) is 2.13. The van der Waals surface area contributed by atoms with E-state index in [1.54, 1.807) is 18.5 Å². The maximum atomic E-state index is 10.9. The molecule has 2 heterocycles. The molecule has 100 valence electrons. The lowest BCUT2D eigenvalue weighted by molar-refractivity contribution is -0.384. The number of non-ortho nitro benzene ring substituents is 1. The molecule has 0 aliphatic rings. The molecular weight excluding hydrogens is 258 g/mol. The summed E-state index contributed by atoms with van der Waals surface area (Å²) in [5, 5.41) is 11.5. The summed E-state index contributed by atoms with van der Waals surface area (Å²) < 4.78 is 1.83. The maximum Gasteiger partial charge on any atom is 0.270 e. The summed E-state index contributed by atoms with van der Waals surface area (Å²) in [4.78, 5) is 23.1. The summed E-state index contributed by atoms with van der Waals surface area (Å²) in [6.45, 7) is 1.99. The molecule has 0 fully saturated rings. The minimum Gasteiger partial charge on any atom is -0.287 e. The van der Waals surface area contributed by atoms with E-state index in [9.17, 15) is 10.1 Å². The Bertz CT molecular complexity index is 796. The number of fused-ring (bicyclic) bond motifs is 1. The normalized spacial score (nSPS) is 10.8. The summed E-state index contributed by atoms with van der Waals surface area (Å²) in [5.74, 6) is 1.45. The van der Waals surface area contributed by atoms with E-state index in [1.807, 2.05) is 11.5 Å². The average molecular weight is 269 g/mol. The van der Waals surface area contributed by atoms with Gasteiger partial charge in [-0.1, -0.05) is 6.92 Å². The zero-order chi connectivity index (χ0) is 14.1. The monoisotopic (exact) mass is 269 g/mol. The van der Waals surface area contributed by atoms with Gasteiger partial charge in [-0.2, -0.15) is 0 Å². The van der Waals surface area contributed by atoms with E-state index >= 15 is 0 Å². The van der Waals surface area contributed by atoms with Gasteiger partial charge < -0.3 is 0 Å². The molecule has 0 spiro atoms. The van der Waals surface area contributed by atoms with Crippen LogP contribution in [-0.2, 0) is 6.42 Å². The van der Waals surface area contributed by atoms with Gasteiger partial charge in [-0.05, 0) is 6.07 Å². The highest BCUT2D eigenvalue weighted by molar-refractivity contribution is 5.87. The van der Waals surface area contributed by atoms with Gasteiger partial charge in [0.05, 0.1) is 15.8 Å². The second kappa shape index (κ2) is 4.69. The first-order valence-electron chi connectivity index (χ1n) is 6.12. The number of benzene rings is 1. The van der Waals surface area contributed by atoms with Crippen LogP contribution in [0.2, 0.25) is 0 Å². The Kier molecular flexibility index (Phi) is 2.86. The molecule has 0 aliphatic heterocycles. The summed E-state index contributed by atoms with van der Waals surface area (Å²) in [7, 11) is 0. The molecule has 0 aliphatic carbocycles. The van der Waals surface area contributed by atoms with Crippen LogP contribution in [0.4, 0.5) is 5.69 Å². The molecule has 0 unspecified atom stereocenters. The van der Waals surface area contributed by atoms with Crippen LogP contribution in [0.15, 0.2) is 36.9 Å². The van der Waals surface area contributed by atoms with Gasteiger partial charge >= 0.3 is 0 Å². The van der Waals surface area contributed by atoms with Crippen molar-refractivity contribution in [2.75, 3.05) is 0 Å². The number of aromatic nitrogens is 4. The number of hydrogen-bond acceptors (Lipinski definition) is 5. The van der Waals surface area contributed by atoms with Crippen LogP contribution in [0, 0.1) is 10.1 Å². The lowest BCUT2D eigenvalue weighted by atomic mass is 10.2. The predicted octanol–water partition coefficient (Wildman–Crippen LogP) is 2.29. The van der Waals surface area contributed by atoms with Gasteiger partial charge in [0.15, 0.2) is 0 Å². The number of rotatable bonds is 3. The van der Waals surface area contributed by atoms with Crippen molar-refractivity contribution in [2.24, 2.45) is 0 Å². The van der Waals surface area contributed by atoms with Crippen LogP contribution in [0.25, 0.3) is 16.7 Å². The summed E-state index contributed by atoms with van der Waals surface area (Å²) in [6.07, 6.45) is 5.67. The summed E-state index contributed by atoms with van der Waals surface area (Å²) in [6, 6.07) is 4.55. The highest BCUT2D eigenvalue weighted by Crippen LogP contribution is 2.24. The topological polar surface area (TPSA) is 86.7 Å². The van der Waals surface area contributed by atoms with Crippen molar-refractivity contribution >= 4 is 16.6 Å². The second-order valence-corrected chi connectivity index (χ2v) is 4.22. The second-order valence-electron chi connectivity index (χ2n) is 4.22. The van der Waals surface area contributed by atoms with Crippen molar-refractivity contribution in [3.05, 3.63) is 52.9 Å². The predicted molar refractivity (Wildman–Crippen MR) is 72.7 cm³/mol. The molecule has 20 heavy (non-hydrogen) atoms. The largest absolute Gasteiger partial charge is 0.287 e. The summed E-state index contributed by atoms with van der Waals surface area (Å²) >= 11 is 0. The number of nitro benzene ring substituents is 1. The highest BCUT2D eigenvalue weighted by Gasteiger charge is 2.13. The van der Waals surface area contributed by atoms with Gasteiger partial charge in [0.25, 0.3) is 5.69 Å². The zero-order valence-electron chi connectivity index (χ0n) is 10.7. The van der Waals surface area contributed by atoms with E-state index in [0.717, 1.165) is 12.2 Å². The Morgan fingerprint density at radius 3 is 2.90 bits per heavy atom. The van der Waals surface area contributed by atoms with Gasteiger partial charge in [-0.25, -0.2) is 15.0 Å². The molecule has 0 N–H and O–H groups in total. The Labute approximate surface area is 114 Å². The van der Waals surface area contributed by atoms with Crippen LogP contribution in [-0.4, -0.2) is 24.4 Å². The highest BCUT2D eigenvalue weighted by atomic mass is 16.6. The minimum absolute atomic E-state index is 0.0201. The lowest BCUT2D eigenvalue weighted by Gasteiger charge is -2.08. The van der Waals surface area contributed by atoms with E-state index in [0.29, 0.717) is 16.7 Å². The van der Waals surface area contributed by atoms with Gasteiger partial charge in [0.2, 0.25) is 0 Å². The molecule has 2 aromatic heterocycles. The van der Waals surface area contributed by atoms with Gasteiger partial charge in [-0.3, -0.25) is 14.7 Å². The lowest BCUT2D eigenvalue weighted by Crippen LogP contribution is -2.03. The summed E-state index contributed by atoms with van der Waals surface area (Å²) in [5.41, 5.74) is 0.683. The van der Waals surface area contributed by atoms with E-state index in [-0.39, 0.29) is 5.69 Å². The molecule has 3 rings (SSSR count). The molecule has 7 heteroatoms. The zero-order valence-corrected chi connectivity index (χ0v) is 10.7. The molecule has 0 saturated carbocycles. The molecule has 0 bridgehead atoms. The average Bonchev–Trinajstić information content (AvgIpc) is 2.94. The fourth-order valence-electron chi connectivity index (χ4n) is 2.13. The minimum atomic E-state index is -0.426. The van der Waals surface area contributed by atoms with Crippen LogP contribution >= 0.6 is 0 Å². The first kappa shape index (κ1) is 12.2.